The van der Waals surface area contributed by atoms with Crippen molar-refractivity contribution in [2.75, 3.05) is 26.9 Å². The maximum absolute atomic E-state index is 10.8. The molecule has 0 aliphatic heterocycles. The molecule has 80 valence electrons. The summed E-state index contributed by atoms with van der Waals surface area (Å²) in [4.78, 5) is 21.4. The average molecular weight is 201 g/mol. The summed E-state index contributed by atoms with van der Waals surface area (Å²) in [6.07, 6.45) is 0. The monoisotopic (exact) mass is 201 g/mol. The van der Waals surface area contributed by atoms with Gasteiger partial charge in [-0.15, -0.1) is 0 Å². The first-order valence-corrected chi connectivity index (χ1v) is 4.16. The van der Waals surface area contributed by atoms with E-state index in [1.54, 1.807) is 0 Å². The second-order valence-electron chi connectivity index (χ2n) is 2.76. The van der Waals surface area contributed by atoms with Gasteiger partial charge in [-0.1, -0.05) is 12.2 Å². The molecule has 0 saturated heterocycles. The molecule has 0 aromatic rings. The largest absolute Gasteiger partial charge is 0.462 e. The lowest BCUT2D eigenvalue weighted by molar-refractivity contribution is -0.152. The number of carbonyl (C=O) groups excluding carboxylic acids is 2. The number of methoxy groups -OCH3 is 1. The first-order chi connectivity index (χ1) is 6.57. The molecule has 0 radical (unpaired) electrons. The molecule has 0 aliphatic rings. The van der Waals surface area contributed by atoms with E-state index < -0.39 is 11.9 Å². The summed E-state index contributed by atoms with van der Waals surface area (Å²) in [5.41, 5.74) is 0.907. The van der Waals surface area contributed by atoms with Crippen LogP contribution >= 0.6 is 0 Å². The molecule has 14 heavy (non-hydrogen) atoms. The van der Waals surface area contributed by atoms with Gasteiger partial charge in [-0.2, -0.15) is 0 Å². The summed E-state index contributed by atoms with van der Waals surface area (Å²) in [6, 6.07) is 0. The zero-order valence-electron chi connectivity index (χ0n) is 8.46. The van der Waals surface area contributed by atoms with E-state index in [0.717, 1.165) is 12.7 Å². The van der Waals surface area contributed by atoms with Crippen LogP contribution in [0.4, 0.5) is 0 Å². The van der Waals surface area contributed by atoms with Crippen LogP contribution in [0.25, 0.3) is 0 Å². The van der Waals surface area contributed by atoms with Gasteiger partial charge in [0.1, 0.15) is 0 Å². The normalized spacial score (nSPS) is 9.29. The minimum absolute atomic E-state index is 0.279. The van der Waals surface area contributed by atoms with E-state index in [1.165, 1.54) is 0 Å². The van der Waals surface area contributed by atoms with Crippen molar-refractivity contribution in [3.05, 3.63) is 12.2 Å². The molecule has 0 bridgehead atoms. The van der Waals surface area contributed by atoms with E-state index in [9.17, 15) is 9.59 Å². The Kier molecular flexibility index (Phi) is 6.39. The van der Waals surface area contributed by atoms with Crippen LogP contribution in [0.3, 0.4) is 0 Å². The van der Waals surface area contributed by atoms with Crippen molar-refractivity contribution in [1.29, 1.82) is 0 Å². The van der Waals surface area contributed by atoms with Gasteiger partial charge in [-0.05, 0) is 6.92 Å². The third kappa shape index (κ3) is 6.19. The highest BCUT2D eigenvalue weighted by Gasteiger charge is 2.11. The van der Waals surface area contributed by atoms with Crippen LogP contribution < -0.4 is 5.32 Å². The Balaban J connectivity index is 3.41. The number of carbonyl (C=O) groups is 2. The smallest absolute Gasteiger partial charge is 0.396 e. The van der Waals surface area contributed by atoms with Crippen LogP contribution in [0, 0.1) is 0 Å². The van der Waals surface area contributed by atoms with Crippen molar-refractivity contribution in [2.45, 2.75) is 6.92 Å². The lowest BCUT2D eigenvalue weighted by atomic mass is 10.4. The Morgan fingerprint density at radius 1 is 1.43 bits per heavy atom. The van der Waals surface area contributed by atoms with Gasteiger partial charge in [0.15, 0.2) is 0 Å². The zero-order chi connectivity index (χ0) is 11.0. The molecule has 0 rings (SSSR count). The van der Waals surface area contributed by atoms with E-state index in [-0.39, 0.29) is 6.54 Å². The number of rotatable bonds is 5. The number of hydrogen-bond acceptors (Lipinski definition) is 4. The number of amides is 1. The highest BCUT2D eigenvalue weighted by Crippen LogP contribution is 1.86. The molecular formula is C9H15NO4. The van der Waals surface area contributed by atoms with Crippen LogP contribution in [0.1, 0.15) is 6.92 Å². The highest BCUT2D eigenvalue weighted by molar-refractivity contribution is 6.32. The van der Waals surface area contributed by atoms with E-state index in [0.29, 0.717) is 13.2 Å². The van der Waals surface area contributed by atoms with Crippen LogP contribution in [-0.2, 0) is 19.1 Å². The van der Waals surface area contributed by atoms with Crippen LogP contribution in [0.2, 0.25) is 0 Å². The zero-order valence-corrected chi connectivity index (χ0v) is 8.46. The number of esters is 1. The van der Waals surface area contributed by atoms with Crippen LogP contribution in [-0.4, -0.2) is 38.7 Å². The van der Waals surface area contributed by atoms with E-state index in [4.69, 9.17) is 4.74 Å². The molecule has 0 saturated carbocycles. The molecule has 5 heteroatoms. The second kappa shape index (κ2) is 7.08. The fourth-order valence-corrected chi connectivity index (χ4v) is 0.648. The first kappa shape index (κ1) is 12.6. The van der Waals surface area contributed by atoms with Gasteiger partial charge in [-0.25, -0.2) is 4.79 Å². The lowest BCUT2D eigenvalue weighted by Gasteiger charge is -2.04. The summed E-state index contributed by atoms with van der Waals surface area (Å²) in [5.74, 6) is -1.66. The van der Waals surface area contributed by atoms with Crippen molar-refractivity contribution < 1.29 is 19.1 Å². The predicted molar refractivity (Wildman–Crippen MR) is 50.7 cm³/mol. The maximum atomic E-state index is 10.8. The van der Waals surface area contributed by atoms with Crippen LogP contribution in [0.15, 0.2) is 12.2 Å². The topological polar surface area (TPSA) is 64.6 Å². The fraction of sp³-hybridized carbons (Fsp3) is 0.556. The minimum atomic E-state index is -0.898. The molecule has 0 heterocycles. The average Bonchev–Trinajstić information content (AvgIpc) is 2.15. The molecule has 0 spiro atoms. The van der Waals surface area contributed by atoms with Gasteiger partial charge in [-0.3, -0.25) is 4.79 Å². The molecule has 0 aromatic heterocycles. The summed E-state index contributed by atoms with van der Waals surface area (Å²) in [7, 11) is 1.15. The summed E-state index contributed by atoms with van der Waals surface area (Å²) < 4.78 is 9.29. The van der Waals surface area contributed by atoms with Gasteiger partial charge in [0, 0.05) is 6.54 Å². The molecule has 1 amide bonds. The van der Waals surface area contributed by atoms with E-state index in [2.05, 4.69) is 16.6 Å². The van der Waals surface area contributed by atoms with E-state index >= 15 is 0 Å². The van der Waals surface area contributed by atoms with Crippen molar-refractivity contribution in [1.82, 2.24) is 5.32 Å². The molecule has 0 atom stereocenters. The van der Waals surface area contributed by atoms with Gasteiger partial charge in [0.2, 0.25) is 0 Å². The predicted octanol–water partition coefficient (Wildman–Crippen LogP) is -0.132. The molecule has 0 aliphatic carbocycles. The van der Waals surface area contributed by atoms with Gasteiger partial charge < -0.3 is 14.8 Å². The SMILES string of the molecule is C=C(C)COCCNC(=O)C(=O)OC. The van der Waals surface area contributed by atoms with Crippen molar-refractivity contribution in [3.63, 3.8) is 0 Å². The second-order valence-corrected chi connectivity index (χ2v) is 2.76. The third-order valence-corrected chi connectivity index (χ3v) is 1.25. The summed E-state index contributed by atoms with van der Waals surface area (Å²) in [5, 5.41) is 2.34. The number of hydrogen-bond donors (Lipinski definition) is 1. The minimum Gasteiger partial charge on any atom is -0.462 e. The molecule has 0 unspecified atom stereocenters. The first-order valence-electron chi connectivity index (χ1n) is 4.16. The molecular weight excluding hydrogens is 186 g/mol. The van der Waals surface area contributed by atoms with Gasteiger partial charge in [0.25, 0.3) is 0 Å². The Morgan fingerprint density at radius 3 is 2.57 bits per heavy atom. The van der Waals surface area contributed by atoms with Gasteiger partial charge in [0.05, 0.1) is 20.3 Å². The molecule has 0 aromatic carbocycles. The Labute approximate surface area is 83.1 Å². The number of nitrogens with one attached hydrogen (secondary N) is 1. The standard InChI is InChI=1S/C9H15NO4/c1-7(2)6-14-5-4-10-8(11)9(12)13-3/h1,4-6H2,2-3H3,(H,10,11). The van der Waals surface area contributed by atoms with Gasteiger partial charge >= 0.3 is 11.9 Å². The summed E-state index contributed by atoms with van der Waals surface area (Å²) >= 11 is 0. The Hall–Kier alpha value is -1.36. The Bertz CT molecular complexity index is 225. The molecule has 0 fully saturated rings. The lowest BCUT2D eigenvalue weighted by Crippen LogP contribution is -2.34. The molecule has 5 nitrogen and oxygen atoms in total. The van der Waals surface area contributed by atoms with E-state index in [1.807, 2.05) is 6.92 Å². The highest BCUT2D eigenvalue weighted by atomic mass is 16.5. The summed E-state index contributed by atoms with van der Waals surface area (Å²) in [6.45, 7) is 6.56. The van der Waals surface area contributed by atoms with Crippen LogP contribution in [0.5, 0.6) is 0 Å². The van der Waals surface area contributed by atoms with Crippen molar-refractivity contribution in [2.24, 2.45) is 0 Å². The molecule has 1 N–H and O–H groups in total. The van der Waals surface area contributed by atoms with Crippen molar-refractivity contribution >= 4 is 11.9 Å². The third-order valence-electron chi connectivity index (χ3n) is 1.25. The fourth-order valence-electron chi connectivity index (χ4n) is 0.648. The quantitative estimate of drug-likeness (QED) is 0.291. The number of ether oxygens (including phenoxy) is 2. The van der Waals surface area contributed by atoms with Crippen molar-refractivity contribution in [3.8, 4) is 0 Å². The Morgan fingerprint density at radius 2 is 2.07 bits per heavy atom. The maximum Gasteiger partial charge on any atom is 0.396 e.